The van der Waals surface area contributed by atoms with E-state index in [0.717, 1.165) is 44.5 Å². The van der Waals surface area contributed by atoms with Crippen molar-refractivity contribution in [2.24, 2.45) is 5.92 Å². The molecule has 0 spiro atoms. The summed E-state index contributed by atoms with van der Waals surface area (Å²) in [6, 6.07) is 6.10. The van der Waals surface area contributed by atoms with E-state index in [4.69, 9.17) is 0 Å². The Kier molecular flexibility index (Phi) is 6.67. The van der Waals surface area contributed by atoms with Gasteiger partial charge < -0.3 is 20.2 Å². The molecule has 0 aliphatic carbocycles. The third-order valence-corrected chi connectivity index (χ3v) is 5.90. The van der Waals surface area contributed by atoms with E-state index in [1.165, 1.54) is 12.1 Å². The summed E-state index contributed by atoms with van der Waals surface area (Å²) in [4.78, 5) is 27.8. The van der Waals surface area contributed by atoms with Crippen LogP contribution in [0.2, 0.25) is 0 Å². The number of carbonyl (C=O) groups excluding carboxylic acids is 2. The van der Waals surface area contributed by atoms with Crippen LogP contribution in [0.1, 0.15) is 38.2 Å². The first-order chi connectivity index (χ1) is 13.4. The third kappa shape index (κ3) is 5.08. The molecule has 28 heavy (non-hydrogen) atoms. The lowest BCUT2D eigenvalue weighted by atomic mass is 9.90. The van der Waals surface area contributed by atoms with Crippen LogP contribution in [0.4, 0.5) is 4.39 Å². The van der Waals surface area contributed by atoms with Crippen molar-refractivity contribution in [2.75, 3.05) is 32.7 Å². The number of hydrogen-bond donors (Lipinski definition) is 2. The molecule has 1 atom stereocenters. The molecular weight excluding hydrogens is 361 g/mol. The van der Waals surface area contributed by atoms with Crippen molar-refractivity contribution in [3.05, 3.63) is 35.6 Å². The minimum atomic E-state index is -1.39. The normalized spacial score (nSPS) is 23.9. The van der Waals surface area contributed by atoms with Crippen molar-refractivity contribution < 1.29 is 19.1 Å². The molecule has 0 saturated carbocycles. The molecule has 7 heteroatoms. The molecule has 0 aromatic heterocycles. The van der Waals surface area contributed by atoms with E-state index >= 15 is 0 Å². The van der Waals surface area contributed by atoms with Crippen molar-refractivity contribution in [1.29, 1.82) is 0 Å². The third-order valence-electron chi connectivity index (χ3n) is 5.90. The second-order valence-corrected chi connectivity index (χ2v) is 8.07. The van der Waals surface area contributed by atoms with Crippen LogP contribution in [0.3, 0.4) is 0 Å². The fraction of sp³-hybridized carbons (Fsp3) is 0.619. The highest BCUT2D eigenvalue weighted by molar-refractivity contribution is 5.86. The van der Waals surface area contributed by atoms with Crippen LogP contribution < -0.4 is 5.32 Å². The molecule has 154 valence electrons. The Morgan fingerprint density at radius 2 is 1.93 bits per heavy atom. The molecule has 0 radical (unpaired) electrons. The molecule has 2 aliphatic heterocycles. The first-order valence-electron chi connectivity index (χ1n) is 10.1. The Labute approximate surface area is 165 Å². The fourth-order valence-electron chi connectivity index (χ4n) is 4.13. The second kappa shape index (κ2) is 9.01. The molecule has 2 saturated heterocycles. The van der Waals surface area contributed by atoms with E-state index < -0.39 is 5.60 Å². The maximum Gasteiger partial charge on any atom is 0.256 e. The number of piperidine rings is 2. The number of nitrogens with one attached hydrogen (secondary N) is 1. The van der Waals surface area contributed by atoms with E-state index in [0.29, 0.717) is 25.4 Å². The average Bonchev–Trinajstić information content (AvgIpc) is 2.68. The van der Waals surface area contributed by atoms with Gasteiger partial charge in [0.05, 0.1) is 0 Å². The van der Waals surface area contributed by atoms with Gasteiger partial charge in [0.15, 0.2) is 5.60 Å². The highest BCUT2D eigenvalue weighted by atomic mass is 19.1. The minimum Gasteiger partial charge on any atom is -0.379 e. The van der Waals surface area contributed by atoms with Gasteiger partial charge in [0.1, 0.15) is 5.82 Å². The van der Waals surface area contributed by atoms with Gasteiger partial charge >= 0.3 is 0 Å². The standard InChI is InChI=1S/C21H30FN3O3/c1-16(26)24-11-7-17(8-12-24)13-23-15-21(28)9-2-10-25(20(21)27)14-18-3-5-19(22)6-4-18/h3-6,17,23,28H,2,7-15H2,1H3/t21-/m0/s1. The molecule has 3 rings (SSSR count). The van der Waals surface area contributed by atoms with Crippen LogP contribution in [0.5, 0.6) is 0 Å². The van der Waals surface area contributed by atoms with Crippen LogP contribution in [-0.4, -0.2) is 65.0 Å². The van der Waals surface area contributed by atoms with Crippen LogP contribution in [0.15, 0.2) is 24.3 Å². The summed E-state index contributed by atoms with van der Waals surface area (Å²) < 4.78 is 13.1. The number of nitrogens with zero attached hydrogens (tertiary/aromatic N) is 2. The Balaban J connectivity index is 1.48. The Hall–Kier alpha value is -1.99. The van der Waals surface area contributed by atoms with Gasteiger partial charge in [0, 0.05) is 39.6 Å². The Morgan fingerprint density at radius 3 is 2.57 bits per heavy atom. The molecule has 1 aromatic rings. The smallest absolute Gasteiger partial charge is 0.256 e. The van der Waals surface area contributed by atoms with Crippen molar-refractivity contribution in [1.82, 2.24) is 15.1 Å². The first-order valence-corrected chi connectivity index (χ1v) is 10.1. The van der Waals surface area contributed by atoms with E-state index in [1.807, 2.05) is 4.90 Å². The van der Waals surface area contributed by atoms with Crippen molar-refractivity contribution in [3.8, 4) is 0 Å². The van der Waals surface area contributed by atoms with Crippen LogP contribution in [0.25, 0.3) is 0 Å². The number of amides is 2. The number of carbonyl (C=O) groups is 2. The van der Waals surface area contributed by atoms with Crippen molar-refractivity contribution >= 4 is 11.8 Å². The molecule has 2 heterocycles. The summed E-state index contributed by atoms with van der Waals surface area (Å²) in [7, 11) is 0. The lowest BCUT2D eigenvalue weighted by Crippen LogP contribution is -2.58. The van der Waals surface area contributed by atoms with Gasteiger partial charge in [-0.15, -0.1) is 0 Å². The molecule has 2 amide bonds. The minimum absolute atomic E-state index is 0.120. The lowest BCUT2D eigenvalue weighted by Gasteiger charge is -2.39. The van der Waals surface area contributed by atoms with Crippen LogP contribution >= 0.6 is 0 Å². The van der Waals surface area contributed by atoms with Gasteiger partial charge in [-0.2, -0.15) is 0 Å². The number of likely N-dealkylation sites (tertiary alicyclic amines) is 2. The molecule has 0 unspecified atom stereocenters. The Bertz CT molecular complexity index is 689. The predicted molar refractivity (Wildman–Crippen MR) is 104 cm³/mol. The fourth-order valence-corrected chi connectivity index (χ4v) is 4.13. The molecular formula is C21H30FN3O3. The number of benzene rings is 1. The summed E-state index contributed by atoms with van der Waals surface area (Å²) in [5.74, 6) is 0.00788. The zero-order chi connectivity index (χ0) is 20.1. The summed E-state index contributed by atoms with van der Waals surface area (Å²) in [6.45, 7) is 5.10. The van der Waals surface area contributed by atoms with Crippen LogP contribution in [-0.2, 0) is 16.1 Å². The maximum absolute atomic E-state index is 13.1. The SMILES string of the molecule is CC(=O)N1CCC(CNC[C@@]2(O)CCCN(Cc3ccc(F)cc3)C2=O)CC1. The number of aliphatic hydroxyl groups is 1. The van der Waals surface area contributed by atoms with E-state index in [1.54, 1.807) is 24.0 Å². The van der Waals surface area contributed by atoms with Crippen LogP contribution in [0, 0.1) is 11.7 Å². The highest BCUT2D eigenvalue weighted by Crippen LogP contribution is 2.24. The quantitative estimate of drug-likeness (QED) is 0.771. The number of hydrogen-bond acceptors (Lipinski definition) is 4. The lowest BCUT2D eigenvalue weighted by molar-refractivity contribution is -0.157. The van der Waals surface area contributed by atoms with Gasteiger partial charge in [0.25, 0.3) is 5.91 Å². The monoisotopic (exact) mass is 391 g/mol. The topological polar surface area (TPSA) is 72.9 Å². The molecule has 1 aromatic carbocycles. The van der Waals surface area contributed by atoms with Gasteiger partial charge in [-0.1, -0.05) is 12.1 Å². The highest BCUT2D eigenvalue weighted by Gasteiger charge is 2.41. The van der Waals surface area contributed by atoms with Crippen molar-refractivity contribution in [3.63, 3.8) is 0 Å². The van der Waals surface area contributed by atoms with Gasteiger partial charge in [0.2, 0.25) is 5.91 Å². The molecule has 2 fully saturated rings. The van der Waals surface area contributed by atoms with E-state index in [9.17, 15) is 19.1 Å². The van der Waals surface area contributed by atoms with Crippen molar-refractivity contribution in [2.45, 2.75) is 44.8 Å². The molecule has 0 bridgehead atoms. The predicted octanol–water partition coefficient (Wildman–Crippen LogP) is 1.53. The van der Waals surface area contributed by atoms with Gasteiger partial charge in [-0.3, -0.25) is 9.59 Å². The summed E-state index contributed by atoms with van der Waals surface area (Å²) in [6.07, 6.45) is 3.06. The largest absolute Gasteiger partial charge is 0.379 e. The summed E-state index contributed by atoms with van der Waals surface area (Å²) >= 11 is 0. The van der Waals surface area contributed by atoms with E-state index in [-0.39, 0.29) is 24.2 Å². The van der Waals surface area contributed by atoms with Gasteiger partial charge in [-0.05, 0) is 55.8 Å². The second-order valence-electron chi connectivity index (χ2n) is 8.07. The average molecular weight is 391 g/mol. The zero-order valence-corrected chi connectivity index (χ0v) is 16.5. The zero-order valence-electron chi connectivity index (χ0n) is 16.5. The number of halogens is 1. The molecule has 6 nitrogen and oxygen atoms in total. The first kappa shape index (κ1) is 20.7. The maximum atomic E-state index is 13.1. The molecule has 2 aliphatic rings. The molecule has 2 N–H and O–H groups in total. The summed E-state index contributed by atoms with van der Waals surface area (Å²) in [5, 5.41) is 14.2. The summed E-state index contributed by atoms with van der Waals surface area (Å²) in [5.41, 5.74) is -0.539. The van der Waals surface area contributed by atoms with E-state index in [2.05, 4.69) is 5.32 Å². The Morgan fingerprint density at radius 1 is 1.25 bits per heavy atom. The van der Waals surface area contributed by atoms with Gasteiger partial charge in [-0.25, -0.2) is 4.39 Å². The number of rotatable bonds is 6.